The van der Waals surface area contributed by atoms with E-state index in [-0.39, 0.29) is 11.0 Å². The maximum Gasteiger partial charge on any atom is 0.259 e. The third kappa shape index (κ3) is 3.85. The molecule has 20 heavy (non-hydrogen) atoms. The van der Waals surface area contributed by atoms with Crippen molar-refractivity contribution in [2.24, 2.45) is 0 Å². The largest absolute Gasteiger partial charge is 0.332 e. The quantitative estimate of drug-likeness (QED) is 0.817. The number of nitrogens with one attached hydrogen (secondary N) is 2. The van der Waals surface area contributed by atoms with Crippen LogP contribution in [0, 0.1) is 6.92 Å². The summed E-state index contributed by atoms with van der Waals surface area (Å²) in [5.41, 5.74) is 2.35. The van der Waals surface area contributed by atoms with Crippen LogP contribution in [0.15, 0.2) is 47.2 Å². The highest BCUT2D eigenvalue weighted by Gasteiger charge is 2.09. The van der Waals surface area contributed by atoms with E-state index in [0.717, 1.165) is 15.7 Å². The van der Waals surface area contributed by atoms with E-state index in [1.54, 1.807) is 12.3 Å². The summed E-state index contributed by atoms with van der Waals surface area (Å²) in [5, 5.41) is 5.87. The first-order valence-electron chi connectivity index (χ1n) is 5.85. The van der Waals surface area contributed by atoms with E-state index in [2.05, 4.69) is 31.5 Å². The molecule has 1 heterocycles. The fourth-order valence-electron chi connectivity index (χ4n) is 1.58. The molecule has 0 radical (unpaired) electrons. The Bertz CT molecular complexity index is 660. The highest BCUT2D eigenvalue weighted by atomic mass is 79.9. The fraction of sp³-hybridized carbons (Fsp3) is 0.0714. The molecule has 1 aromatic heterocycles. The number of halogens is 1. The number of nitrogens with zero attached hydrogens (tertiary/aromatic N) is 1. The van der Waals surface area contributed by atoms with Crippen LogP contribution in [-0.4, -0.2) is 16.0 Å². The van der Waals surface area contributed by atoms with E-state index < -0.39 is 0 Å². The molecule has 0 aliphatic heterocycles. The van der Waals surface area contributed by atoms with Gasteiger partial charge in [0.1, 0.15) is 0 Å². The Kier molecular flexibility index (Phi) is 4.81. The number of thiocarbonyl (C=S) groups is 1. The molecular formula is C14H12BrN3OS. The number of aryl methyl sites for hydroxylation is 1. The van der Waals surface area contributed by atoms with Crippen molar-refractivity contribution in [1.82, 2.24) is 10.3 Å². The van der Waals surface area contributed by atoms with E-state index in [4.69, 9.17) is 12.2 Å². The number of carbonyl (C=O) groups is 1. The van der Waals surface area contributed by atoms with Gasteiger partial charge < -0.3 is 5.32 Å². The number of para-hydroxylation sites is 1. The van der Waals surface area contributed by atoms with Crippen molar-refractivity contribution in [3.05, 3.63) is 58.3 Å². The van der Waals surface area contributed by atoms with Gasteiger partial charge in [0, 0.05) is 22.6 Å². The SMILES string of the molecule is Cc1ccccc1NC(=S)NC(=O)c1cncc(Br)c1. The average Bonchev–Trinajstić information content (AvgIpc) is 2.41. The van der Waals surface area contributed by atoms with Gasteiger partial charge in [-0.25, -0.2) is 0 Å². The number of amides is 1. The molecule has 0 saturated carbocycles. The van der Waals surface area contributed by atoms with Gasteiger partial charge in [0.05, 0.1) is 5.56 Å². The van der Waals surface area contributed by atoms with Crippen molar-refractivity contribution in [1.29, 1.82) is 0 Å². The summed E-state index contributed by atoms with van der Waals surface area (Å²) in [4.78, 5) is 15.9. The zero-order chi connectivity index (χ0) is 14.5. The second-order valence-corrected chi connectivity index (χ2v) is 5.44. The van der Waals surface area contributed by atoms with Crippen LogP contribution in [0.3, 0.4) is 0 Å². The lowest BCUT2D eigenvalue weighted by atomic mass is 10.2. The minimum absolute atomic E-state index is 0.254. The van der Waals surface area contributed by atoms with Crippen LogP contribution in [-0.2, 0) is 0 Å². The molecule has 6 heteroatoms. The molecule has 0 fully saturated rings. The lowest BCUT2D eigenvalue weighted by molar-refractivity contribution is 0.0977. The number of benzene rings is 1. The van der Waals surface area contributed by atoms with Crippen LogP contribution < -0.4 is 10.6 Å². The molecule has 1 amide bonds. The van der Waals surface area contributed by atoms with Gasteiger partial charge in [-0.3, -0.25) is 15.1 Å². The molecule has 0 aliphatic rings. The van der Waals surface area contributed by atoms with Gasteiger partial charge >= 0.3 is 0 Å². The van der Waals surface area contributed by atoms with Crippen molar-refractivity contribution >= 4 is 44.9 Å². The highest BCUT2D eigenvalue weighted by molar-refractivity contribution is 9.10. The van der Waals surface area contributed by atoms with E-state index in [9.17, 15) is 4.79 Å². The second kappa shape index (κ2) is 6.58. The lowest BCUT2D eigenvalue weighted by Crippen LogP contribution is -2.34. The molecule has 0 aliphatic carbocycles. The number of aromatic nitrogens is 1. The summed E-state index contributed by atoms with van der Waals surface area (Å²) in [6.07, 6.45) is 3.09. The van der Waals surface area contributed by atoms with E-state index in [1.165, 1.54) is 6.20 Å². The van der Waals surface area contributed by atoms with E-state index >= 15 is 0 Å². The zero-order valence-corrected chi connectivity index (χ0v) is 13.1. The number of hydrogen-bond acceptors (Lipinski definition) is 3. The Morgan fingerprint density at radius 2 is 2.05 bits per heavy atom. The van der Waals surface area contributed by atoms with Crippen LogP contribution >= 0.6 is 28.1 Å². The lowest BCUT2D eigenvalue weighted by Gasteiger charge is -2.11. The summed E-state index contributed by atoms with van der Waals surface area (Å²) in [7, 11) is 0. The molecule has 0 saturated heterocycles. The molecule has 0 atom stereocenters. The third-order valence-corrected chi connectivity index (χ3v) is 3.23. The van der Waals surface area contributed by atoms with Crippen LogP contribution in [0.1, 0.15) is 15.9 Å². The monoisotopic (exact) mass is 349 g/mol. The number of anilines is 1. The van der Waals surface area contributed by atoms with E-state index in [0.29, 0.717) is 5.56 Å². The standard InChI is InChI=1S/C14H12BrN3OS/c1-9-4-2-3-5-12(9)17-14(20)18-13(19)10-6-11(15)8-16-7-10/h2-8H,1H3,(H2,17,18,19,20). The predicted octanol–water partition coefficient (Wildman–Crippen LogP) is 3.28. The molecule has 102 valence electrons. The molecule has 2 rings (SSSR count). The summed E-state index contributed by atoms with van der Waals surface area (Å²) < 4.78 is 0.739. The van der Waals surface area contributed by atoms with Gasteiger partial charge in [-0.05, 0) is 52.8 Å². The highest BCUT2D eigenvalue weighted by Crippen LogP contribution is 2.13. The van der Waals surface area contributed by atoms with Crippen LogP contribution in [0.25, 0.3) is 0 Å². The Balaban J connectivity index is 2.02. The number of rotatable bonds is 2. The van der Waals surface area contributed by atoms with Gasteiger partial charge in [-0.15, -0.1) is 0 Å². The van der Waals surface area contributed by atoms with Gasteiger partial charge in [-0.2, -0.15) is 0 Å². The van der Waals surface area contributed by atoms with Crippen molar-refractivity contribution in [2.45, 2.75) is 6.92 Å². The van der Waals surface area contributed by atoms with Crippen LogP contribution in [0.5, 0.6) is 0 Å². The molecule has 0 bridgehead atoms. The third-order valence-electron chi connectivity index (χ3n) is 2.59. The molecular weight excluding hydrogens is 338 g/mol. The maximum absolute atomic E-state index is 12.0. The van der Waals surface area contributed by atoms with E-state index in [1.807, 2.05) is 31.2 Å². The van der Waals surface area contributed by atoms with Crippen molar-refractivity contribution in [3.63, 3.8) is 0 Å². The smallest absolute Gasteiger partial charge is 0.259 e. The number of pyridine rings is 1. The predicted molar refractivity (Wildman–Crippen MR) is 86.8 cm³/mol. The van der Waals surface area contributed by atoms with Gasteiger partial charge in [0.25, 0.3) is 5.91 Å². The fourth-order valence-corrected chi connectivity index (χ4v) is 2.15. The molecule has 2 N–H and O–H groups in total. The van der Waals surface area contributed by atoms with Crippen molar-refractivity contribution in [2.75, 3.05) is 5.32 Å². The Labute approximate surface area is 130 Å². The summed E-state index contributed by atoms with van der Waals surface area (Å²) in [6.45, 7) is 1.96. The minimum atomic E-state index is -0.301. The average molecular weight is 350 g/mol. The van der Waals surface area contributed by atoms with Gasteiger partial charge in [0.2, 0.25) is 0 Å². The topological polar surface area (TPSA) is 54.0 Å². The summed E-state index contributed by atoms with van der Waals surface area (Å²) in [5.74, 6) is -0.301. The molecule has 0 spiro atoms. The second-order valence-electron chi connectivity index (χ2n) is 4.12. The number of hydrogen-bond donors (Lipinski definition) is 2. The Morgan fingerprint density at radius 3 is 2.75 bits per heavy atom. The molecule has 1 aromatic carbocycles. The first-order valence-corrected chi connectivity index (χ1v) is 7.05. The Hall–Kier alpha value is -1.79. The summed E-state index contributed by atoms with van der Waals surface area (Å²) >= 11 is 8.40. The number of carbonyl (C=O) groups excluding carboxylic acids is 1. The van der Waals surface area contributed by atoms with Crippen molar-refractivity contribution < 1.29 is 4.79 Å². The van der Waals surface area contributed by atoms with Crippen LogP contribution in [0.2, 0.25) is 0 Å². The molecule has 2 aromatic rings. The zero-order valence-electron chi connectivity index (χ0n) is 10.7. The van der Waals surface area contributed by atoms with Gasteiger partial charge in [0.15, 0.2) is 5.11 Å². The maximum atomic E-state index is 12.0. The molecule has 0 unspecified atom stereocenters. The van der Waals surface area contributed by atoms with Gasteiger partial charge in [-0.1, -0.05) is 18.2 Å². The normalized spacial score (nSPS) is 9.90. The van der Waals surface area contributed by atoms with Crippen molar-refractivity contribution in [3.8, 4) is 0 Å². The first-order chi connectivity index (χ1) is 9.56. The van der Waals surface area contributed by atoms with Crippen LogP contribution in [0.4, 0.5) is 5.69 Å². The molecule has 4 nitrogen and oxygen atoms in total. The minimum Gasteiger partial charge on any atom is -0.332 e. The first kappa shape index (κ1) is 14.6. The Morgan fingerprint density at radius 1 is 1.30 bits per heavy atom. The summed E-state index contributed by atoms with van der Waals surface area (Å²) in [6, 6.07) is 9.38.